The quantitative estimate of drug-likeness (QED) is 0.401. The fourth-order valence-corrected chi connectivity index (χ4v) is 10.6. The molecular weight excluding hydrogens is 390 g/mol. The number of rotatable bonds is 4. The van der Waals surface area contributed by atoms with Gasteiger partial charge in [0.05, 0.1) is 0 Å². The van der Waals surface area contributed by atoms with Crippen LogP contribution in [0.2, 0.25) is 0 Å². The van der Waals surface area contributed by atoms with E-state index in [-0.39, 0.29) is 17.6 Å². The predicted octanol–water partition coefficient (Wildman–Crippen LogP) is 5.28. The van der Waals surface area contributed by atoms with E-state index >= 15 is 0 Å². The van der Waals surface area contributed by atoms with Crippen molar-refractivity contribution in [2.75, 3.05) is 0 Å². The molecule has 0 aromatic heterocycles. The van der Waals surface area contributed by atoms with Gasteiger partial charge in [0.15, 0.2) is 8.07 Å². The van der Waals surface area contributed by atoms with E-state index in [1.165, 1.54) is 27.1 Å². The molecule has 0 amide bonds. The van der Waals surface area contributed by atoms with Gasteiger partial charge in [0, 0.05) is 0 Å². The molecule has 0 heterocycles. The normalized spacial score (nSPS) is 17.1. The first kappa shape index (κ1) is 20.5. The highest BCUT2D eigenvalue weighted by molar-refractivity contribution is 7.16. The molecule has 152 valence electrons. The molecule has 30 heavy (non-hydrogen) atoms. The van der Waals surface area contributed by atoms with E-state index in [4.69, 9.17) is 0 Å². The van der Waals surface area contributed by atoms with Gasteiger partial charge in [0.25, 0.3) is 0 Å². The second-order valence-corrected chi connectivity index (χ2v) is 12.0. The van der Waals surface area contributed by atoms with Crippen molar-refractivity contribution in [3.05, 3.63) is 112 Å². The number of hydrogen-bond acceptors (Lipinski definition) is 0. The van der Waals surface area contributed by atoms with E-state index in [1.54, 1.807) is 24.3 Å². The third kappa shape index (κ3) is 3.09. The molecule has 0 N–H and O–H groups in total. The minimum atomic E-state index is -2.74. The monoisotopic (exact) mass is 416 g/mol. The molecule has 0 aliphatic heterocycles. The molecule has 0 bridgehead atoms. The molecule has 1 unspecified atom stereocenters. The number of allylic oxidation sites excluding steroid dienone is 4. The Balaban J connectivity index is 2.15. The molecule has 3 aromatic rings. The smallest absolute Gasteiger partial charge is 0.176 e. The molecule has 1 aliphatic rings. The van der Waals surface area contributed by atoms with Gasteiger partial charge in [0.1, 0.15) is 11.6 Å². The van der Waals surface area contributed by atoms with E-state index in [1.807, 2.05) is 30.3 Å². The van der Waals surface area contributed by atoms with Crippen LogP contribution in [0.4, 0.5) is 8.78 Å². The molecule has 0 saturated heterocycles. The zero-order chi connectivity index (χ0) is 21.5. The molecule has 3 heteroatoms. The molecular formula is C27H26F2Si. The van der Waals surface area contributed by atoms with Gasteiger partial charge >= 0.3 is 0 Å². The lowest BCUT2D eigenvalue weighted by Gasteiger charge is -2.38. The lowest BCUT2D eigenvalue weighted by Crippen LogP contribution is -2.69. The van der Waals surface area contributed by atoms with Crippen molar-refractivity contribution in [1.82, 2.24) is 0 Å². The van der Waals surface area contributed by atoms with E-state index in [9.17, 15) is 8.78 Å². The Bertz CT molecular complexity index is 1080. The first-order chi connectivity index (χ1) is 14.4. The number of halogens is 2. The van der Waals surface area contributed by atoms with Crippen LogP contribution in [-0.2, 0) is 0 Å². The molecule has 3 aromatic carbocycles. The maximum absolute atomic E-state index is 13.9. The van der Waals surface area contributed by atoms with Gasteiger partial charge in [-0.15, -0.1) is 0 Å². The molecule has 0 radical (unpaired) electrons. The Morgan fingerprint density at radius 3 is 1.43 bits per heavy atom. The fourth-order valence-electron chi connectivity index (χ4n) is 5.02. The van der Waals surface area contributed by atoms with Crippen molar-refractivity contribution < 1.29 is 8.78 Å². The van der Waals surface area contributed by atoms with Gasteiger partial charge in [-0.25, -0.2) is 8.78 Å². The largest absolute Gasteiger partial charge is 0.207 e. The second kappa shape index (κ2) is 7.80. The minimum absolute atomic E-state index is 0.246. The lowest BCUT2D eigenvalue weighted by molar-refractivity contribution is 0.628. The molecule has 0 saturated carbocycles. The first-order valence-electron chi connectivity index (χ1n) is 10.3. The highest BCUT2D eigenvalue weighted by atomic mass is 28.3. The Morgan fingerprint density at radius 1 is 0.600 bits per heavy atom. The summed E-state index contributed by atoms with van der Waals surface area (Å²) in [7, 11) is -2.74. The van der Waals surface area contributed by atoms with Crippen LogP contribution < -0.4 is 15.6 Å². The summed E-state index contributed by atoms with van der Waals surface area (Å²) in [6.45, 7) is 8.86. The van der Waals surface area contributed by atoms with Crippen LogP contribution in [0, 0.1) is 17.6 Å². The third-order valence-corrected chi connectivity index (χ3v) is 12.0. The Kier molecular flexibility index (Phi) is 5.33. The summed E-state index contributed by atoms with van der Waals surface area (Å²) in [6.07, 6.45) is 0. The predicted molar refractivity (Wildman–Crippen MR) is 124 cm³/mol. The summed E-state index contributed by atoms with van der Waals surface area (Å²) in [5, 5.41) is 4.87. The first-order valence-corrected chi connectivity index (χ1v) is 12.3. The van der Waals surface area contributed by atoms with Gasteiger partial charge in [-0.1, -0.05) is 77.9 Å². The highest BCUT2D eigenvalue weighted by Gasteiger charge is 2.47. The van der Waals surface area contributed by atoms with Crippen molar-refractivity contribution in [1.29, 1.82) is 0 Å². The van der Waals surface area contributed by atoms with Crippen LogP contribution in [0.15, 0.2) is 101 Å². The zero-order valence-electron chi connectivity index (χ0n) is 17.8. The van der Waals surface area contributed by atoms with Gasteiger partial charge in [0.2, 0.25) is 0 Å². The Labute approximate surface area is 178 Å². The van der Waals surface area contributed by atoms with Crippen LogP contribution in [0.5, 0.6) is 0 Å². The fraction of sp³-hybridized carbons (Fsp3) is 0.185. The topological polar surface area (TPSA) is 0 Å². The van der Waals surface area contributed by atoms with Crippen molar-refractivity contribution in [2.45, 2.75) is 27.7 Å². The molecule has 0 fully saturated rings. The third-order valence-electron chi connectivity index (χ3n) is 6.81. The average Bonchev–Trinajstić information content (AvgIpc) is 2.95. The van der Waals surface area contributed by atoms with Gasteiger partial charge in [-0.05, 0) is 72.1 Å². The Morgan fingerprint density at radius 2 is 1.03 bits per heavy atom. The van der Waals surface area contributed by atoms with E-state index in [0.29, 0.717) is 0 Å². The van der Waals surface area contributed by atoms with Crippen molar-refractivity contribution in [2.24, 2.45) is 5.92 Å². The van der Waals surface area contributed by atoms with E-state index in [0.717, 1.165) is 10.4 Å². The van der Waals surface area contributed by atoms with Crippen molar-refractivity contribution in [3.8, 4) is 0 Å². The molecule has 1 atom stereocenters. The summed E-state index contributed by atoms with van der Waals surface area (Å²) < 4.78 is 27.9. The van der Waals surface area contributed by atoms with Gasteiger partial charge < -0.3 is 0 Å². The van der Waals surface area contributed by atoms with Crippen LogP contribution in [0.25, 0.3) is 0 Å². The maximum Gasteiger partial charge on any atom is 0.176 e. The maximum atomic E-state index is 13.9. The van der Waals surface area contributed by atoms with E-state index in [2.05, 4.69) is 52.0 Å². The summed E-state index contributed by atoms with van der Waals surface area (Å²) >= 11 is 0. The second-order valence-electron chi connectivity index (χ2n) is 8.20. The van der Waals surface area contributed by atoms with Gasteiger partial charge in [-0.3, -0.25) is 0 Å². The standard InChI is InChI=1S/C27H26F2Si/c1-18-19(2)21(4)27(20(18)3)30(24-8-6-5-7-9-24,25-14-10-22(28)11-15-25)26-16-12-23(29)13-17-26/h5-17,20H,1-4H3. The van der Waals surface area contributed by atoms with Gasteiger partial charge in [-0.2, -0.15) is 0 Å². The summed E-state index contributed by atoms with van der Waals surface area (Å²) in [5.74, 6) is -0.221. The van der Waals surface area contributed by atoms with Crippen LogP contribution >= 0.6 is 0 Å². The lowest BCUT2D eigenvalue weighted by atomic mass is 10.1. The zero-order valence-corrected chi connectivity index (χ0v) is 18.8. The molecule has 1 aliphatic carbocycles. The molecule has 0 nitrogen and oxygen atoms in total. The number of benzene rings is 3. The van der Waals surface area contributed by atoms with Crippen LogP contribution in [-0.4, -0.2) is 8.07 Å². The van der Waals surface area contributed by atoms with Crippen molar-refractivity contribution >= 4 is 23.6 Å². The number of hydrogen-bond donors (Lipinski definition) is 0. The average molecular weight is 417 g/mol. The minimum Gasteiger partial charge on any atom is -0.207 e. The molecule has 0 spiro atoms. The summed E-state index contributed by atoms with van der Waals surface area (Å²) in [5.41, 5.74) is 4.01. The summed E-state index contributed by atoms with van der Waals surface area (Å²) in [6, 6.07) is 24.4. The van der Waals surface area contributed by atoms with Crippen LogP contribution in [0.3, 0.4) is 0 Å². The van der Waals surface area contributed by atoms with E-state index < -0.39 is 8.07 Å². The molecule has 4 rings (SSSR count). The Hall–Kier alpha value is -2.78. The summed E-state index contributed by atoms with van der Waals surface area (Å²) in [4.78, 5) is 0. The van der Waals surface area contributed by atoms with Crippen LogP contribution in [0.1, 0.15) is 27.7 Å². The van der Waals surface area contributed by atoms with Crippen molar-refractivity contribution in [3.63, 3.8) is 0 Å². The SMILES string of the molecule is CC1=C(C)C(C)C([Si](c2ccccc2)(c2ccc(F)cc2)c2ccc(F)cc2)=C1C. The highest BCUT2D eigenvalue weighted by Crippen LogP contribution is 2.41.